The highest BCUT2D eigenvalue weighted by molar-refractivity contribution is 5.82. The maximum absolute atomic E-state index is 11.3. The van der Waals surface area contributed by atoms with Crippen LogP contribution in [0.1, 0.15) is 27.2 Å². The summed E-state index contributed by atoms with van der Waals surface area (Å²) in [6, 6.07) is 0. The first kappa shape index (κ1) is 10.6. The van der Waals surface area contributed by atoms with E-state index in [1.54, 1.807) is 0 Å². The minimum atomic E-state index is 0.226. The normalized spacial score (nSPS) is 13.5. The summed E-state index contributed by atoms with van der Waals surface area (Å²) < 4.78 is 0. The molecule has 2 heteroatoms. The Bertz CT molecular complexity index is 123. The molecule has 0 spiro atoms. The number of likely N-dealkylation sites (N-methyl/N-ethyl adjacent to an activating group) is 1. The van der Waals surface area contributed by atoms with Gasteiger partial charge in [0.2, 0.25) is 0 Å². The van der Waals surface area contributed by atoms with Crippen LogP contribution < -0.4 is 0 Å². The zero-order valence-corrected chi connectivity index (χ0v) is 8.05. The van der Waals surface area contributed by atoms with Gasteiger partial charge < -0.3 is 0 Å². The summed E-state index contributed by atoms with van der Waals surface area (Å²) in [7, 11) is 1.97. The fraction of sp³-hybridized carbons (Fsp3) is 0.889. The molecule has 0 rings (SSSR count). The molecule has 0 saturated heterocycles. The highest BCUT2D eigenvalue weighted by Crippen LogP contribution is 2.02. The fourth-order valence-corrected chi connectivity index (χ4v) is 0.761. The molecule has 0 heterocycles. The van der Waals surface area contributed by atoms with Crippen LogP contribution in [0.3, 0.4) is 0 Å². The molecule has 1 atom stereocenters. The monoisotopic (exact) mass is 157 g/mol. The Labute approximate surface area is 69.6 Å². The summed E-state index contributed by atoms with van der Waals surface area (Å²) in [5, 5.41) is 0. The smallest absolute Gasteiger partial charge is 0.149 e. The van der Waals surface area contributed by atoms with Crippen molar-refractivity contribution in [2.24, 2.45) is 5.92 Å². The van der Waals surface area contributed by atoms with Crippen LogP contribution in [0.5, 0.6) is 0 Å². The standard InChI is InChI=1S/C9H19NO/c1-5-8(3)9(11)7-10(4)6-2/h8H,5-7H2,1-4H3. The molecule has 0 saturated carbocycles. The van der Waals surface area contributed by atoms with Gasteiger partial charge >= 0.3 is 0 Å². The molecule has 0 bridgehead atoms. The van der Waals surface area contributed by atoms with Crippen LogP contribution in [-0.2, 0) is 4.79 Å². The zero-order valence-electron chi connectivity index (χ0n) is 8.05. The molecule has 66 valence electrons. The van der Waals surface area contributed by atoms with Gasteiger partial charge in [0.25, 0.3) is 0 Å². The van der Waals surface area contributed by atoms with E-state index in [9.17, 15) is 4.79 Å². The van der Waals surface area contributed by atoms with Gasteiger partial charge in [0.1, 0.15) is 5.78 Å². The first-order valence-corrected chi connectivity index (χ1v) is 4.33. The van der Waals surface area contributed by atoms with Crippen molar-refractivity contribution in [3.05, 3.63) is 0 Å². The molecule has 11 heavy (non-hydrogen) atoms. The number of carbonyl (C=O) groups excluding carboxylic acids is 1. The van der Waals surface area contributed by atoms with E-state index >= 15 is 0 Å². The van der Waals surface area contributed by atoms with E-state index in [4.69, 9.17) is 0 Å². The van der Waals surface area contributed by atoms with Crippen molar-refractivity contribution < 1.29 is 4.79 Å². The third-order valence-electron chi connectivity index (χ3n) is 2.13. The Hall–Kier alpha value is -0.370. The summed E-state index contributed by atoms with van der Waals surface area (Å²) >= 11 is 0. The van der Waals surface area contributed by atoms with Crippen LogP contribution in [0.4, 0.5) is 0 Å². The van der Waals surface area contributed by atoms with Crippen molar-refractivity contribution in [3.63, 3.8) is 0 Å². The van der Waals surface area contributed by atoms with Crippen molar-refractivity contribution in [3.8, 4) is 0 Å². The average molecular weight is 157 g/mol. The highest BCUT2D eigenvalue weighted by atomic mass is 16.1. The van der Waals surface area contributed by atoms with Crippen molar-refractivity contribution >= 4 is 5.78 Å². The predicted octanol–water partition coefficient (Wildman–Crippen LogP) is 1.55. The molecule has 0 aromatic rings. The second-order valence-electron chi connectivity index (χ2n) is 3.11. The van der Waals surface area contributed by atoms with E-state index in [1.165, 1.54) is 0 Å². The first-order chi connectivity index (χ1) is 5.11. The molecule has 1 unspecified atom stereocenters. The average Bonchev–Trinajstić information content (AvgIpc) is 2.02. The molecule has 0 amide bonds. The van der Waals surface area contributed by atoms with Gasteiger partial charge in [-0.15, -0.1) is 0 Å². The van der Waals surface area contributed by atoms with E-state index in [1.807, 2.05) is 18.9 Å². The summed E-state index contributed by atoms with van der Waals surface area (Å²) in [6.45, 7) is 7.65. The van der Waals surface area contributed by atoms with Crippen LogP contribution in [0.15, 0.2) is 0 Å². The Morgan fingerprint density at radius 1 is 1.45 bits per heavy atom. The molecule has 0 aliphatic heterocycles. The number of Topliss-reactive ketones (excluding diaryl/α,β-unsaturated/α-hetero) is 1. The van der Waals surface area contributed by atoms with Crippen molar-refractivity contribution in [1.29, 1.82) is 0 Å². The summed E-state index contributed by atoms with van der Waals surface area (Å²) in [5.41, 5.74) is 0. The van der Waals surface area contributed by atoms with Gasteiger partial charge in [-0.1, -0.05) is 20.8 Å². The molecule has 0 aromatic heterocycles. The summed E-state index contributed by atoms with van der Waals surface area (Å²) in [5.74, 6) is 0.584. The van der Waals surface area contributed by atoms with Gasteiger partial charge in [-0.2, -0.15) is 0 Å². The Kier molecular flexibility index (Phi) is 5.12. The lowest BCUT2D eigenvalue weighted by molar-refractivity contribution is -0.123. The number of nitrogens with zero attached hydrogens (tertiary/aromatic N) is 1. The molecule has 2 nitrogen and oxygen atoms in total. The lowest BCUT2D eigenvalue weighted by atomic mass is 10.0. The van der Waals surface area contributed by atoms with Crippen LogP contribution >= 0.6 is 0 Å². The Balaban J connectivity index is 3.68. The van der Waals surface area contributed by atoms with Crippen LogP contribution in [-0.4, -0.2) is 30.8 Å². The minimum Gasteiger partial charge on any atom is -0.299 e. The van der Waals surface area contributed by atoms with Gasteiger partial charge in [-0.25, -0.2) is 0 Å². The topological polar surface area (TPSA) is 20.3 Å². The van der Waals surface area contributed by atoms with Gasteiger partial charge in [-0.3, -0.25) is 9.69 Å². The number of hydrogen-bond acceptors (Lipinski definition) is 2. The van der Waals surface area contributed by atoms with E-state index < -0.39 is 0 Å². The summed E-state index contributed by atoms with van der Waals surface area (Å²) in [6.07, 6.45) is 0.955. The third kappa shape index (κ3) is 4.14. The van der Waals surface area contributed by atoms with Crippen molar-refractivity contribution in [1.82, 2.24) is 4.90 Å². The molecule has 0 radical (unpaired) electrons. The van der Waals surface area contributed by atoms with Gasteiger partial charge in [0, 0.05) is 5.92 Å². The molecule has 0 aromatic carbocycles. The maximum Gasteiger partial charge on any atom is 0.149 e. The van der Waals surface area contributed by atoms with Crippen LogP contribution in [0.25, 0.3) is 0 Å². The van der Waals surface area contributed by atoms with Gasteiger partial charge in [-0.05, 0) is 20.0 Å². The predicted molar refractivity (Wildman–Crippen MR) is 47.6 cm³/mol. The maximum atomic E-state index is 11.3. The lowest BCUT2D eigenvalue weighted by Gasteiger charge is -2.15. The fourth-order valence-electron chi connectivity index (χ4n) is 0.761. The van der Waals surface area contributed by atoms with E-state index in [-0.39, 0.29) is 5.92 Å². The summed E-state index contributed by atoms with van der Waals surface area (Å²) in [4.78, 5) is 13.3. The number of rotatable bonds is 5. The molecular formula is C9H19NO. The molecule has 0 fully saturated rings. The quantitative estimate of drug-likeness (QED) is 0.603. The third-order valence-corrected chi connectivity index (χ3v) is 2.13. The Morgan fingerprint density at radius 2 is 2.00 bits per heavy atom. The lowest BCUT2D eigenvalue weighted by Crippen LogP contribution is -2.28. The SMILES string of the molecule is CCC(C)C(=O)CN(C)CC. The Morgan fingerprint density at radius 3 is 2.36 bits per heavy atom. The van der Waals surface area contributed by atoms with Crippen LogP contribution in [0.2, 0.25) is 0 Å². The number of ketones is 1. The van der Waals surface area contributed by atoms with Gasteiger partial charge in [0.15, 0.2) is 0 Å². The number of hydrogen-bond donors (Lipinski definition) is 0. The molecule has 0 aliphatic rings. The molecular weight excluding hydrogens is 138 g/mol. The zero-order chi connectivity index (χ0) is 8.85. The highest BCUT2D eigenvalue weighted by Gasteiger charge is 2.11. The molecule has 0 aliphatic carbocycles. The second-order valence-corrected chi connectivity index (χ2v) is 3.11. The van der Waals surface area contributed by atoms with E-state index in [0.29, 0.717) is 12.3 Å². The van der Waals surface area contributed by atoms with E-state index in [2.05, 4.69) is 13.8 Å². The minimum absolute atomic E-state index is 0.226. The van der Waals surface area contributed by atoms with Crippen molar-refractivity contribution in [2.45, 2.75) is 27.2 Å². The van der Waals surface area contributed by atoms with E-state index in [0.717, 1.165) is 13.0 Å². The van der Waals surface area contributed by atoms with Crippen LogP contribution in [0, 0.1) is 5.92 Å². The number of carbonyl (C=O) groups is 1. The second kappa shape index (κ2) is 5.30. The molecule has 0 N–H and O–H groups in total. The largest absolute Gasteiger partial charge is 0.299 e. The first-order valence-electron chi connectivity index (χ1n) is 4.33. The van der Waals surface area contributed by atoms with Crippen molar-refractivity contribution in [2.75, 3.05) is 20.1 Å². The van der Waals surface area contributed by atoms with Gasteiger partial charge in [0.05, 0.1) is 6.54 Å².